The van der Waals surface area contributed by atoms with Gasteiger partial charge in [-0.25, -0.2) is 18.6 Å². The van der Waals surface area contributed by atoms with Crippen molar-refractivity contribution in [3.63, 3.8) is 0 Å². The normalized spacial score (nSPS) is 22.1. The van der Waals surface area contributed by atoms with Gasteiger partial charge in [0.2, 0.25) is 5.88 Å². The number of likely N-dealkylation sites (tertiary alicyclic amines) is 1. The Balaban J connectivity index is 1.78. The number of amides is 1. The van der Waals surface area contributed by atoms with E-state index in [1.54, 1.807) is 0 Å². The minimum Gasteiger partial charge on any atom is -0.465 e. The number of anilines is 1. The van der Waals surface area contributed by atoms with Crippen molar-refractivity contribution < 1.29 is 28.5 Å². The summed E-state index contributed by atoms with van der Waals surface area (Å²) in [5.41, 5.74) is 2.69. The molecule has 2 heterocycles. The zero-order valence-electron chi connectivity index (χ0n) is 14.6. The number of nitrogens with two attached hydrogens (primary N) is 1. The van der Waals surface area contributed by atoms with Crippen LogP contribution in [0.3, 0.4) is 0 Å². The Morgan fingerprint density at radius 3 is 2.68 bits per heavy atom. The minimum absolute atomic E-state index is 0.0737. The third kappa shape index (κ3) is 3.88. The molecule has 1 saturated heterocycles. The maximum absolute atomic E-state index is 14.4. The third-order valence-corrected chi connectivity index (χ3v) is 4.56. The van der Waals surface area contributed by atoms with Gasteiger partial charge in [-0.1, -0.05) is 0 Å². The largest absolute Gasteiger partial charge is 0.465 e. The van der Waals surface area contributed by atoms with E-state index < -0.39 is 42.3 Å². The summed E-state index contributed by atoms with van der Waals surface area (Å²) >= 11 is 0. The molecule has 1 aromatic heterocycles. The smallest absolute Gasteiger partial charge is 0.407 e. The van der Waals surface area contributed by atoms with E-state index in [4.69, 9.17) is 15.6 Å². The third-order valence-electron chi connectivity index (χ3n) is 4.56. The Bertz CT molecular complexity index is 936. The highest BCUT2D eigenvalue weighted by molar-refractivity contribution is 5.65. The number of alkyl halides is 1. The highest BCUT2D eigenvalue weighted by Crippen LogP contribution is 2.28. The molecular weight excluding hydrogens is 378 g/mol. The summed E-state index contributed by atoms with van der Waals surface area (Å²) in [6.07, 6.45) is -2.32. The van der Waals surface area contributed by atoms with Crippen LogP contribution in [0.15, 0.2) is 35.4 Å². The van der Waals surface area contributed by atoms with Gasteiger partial charge in [0.05, 0.1) is 13.1 Å². The second-order valence-corrected chi connectivity index (χ2v) is 6.50. The van der Waals surface area contributed by atoms with E-state index in [0.717, 1.165) is 27.9 Å². The Morgan fingerprint density at radius 2 is 2.07 bits per heavy atom. The van der Waals surface area contributed by atoms with Crippen LogP contribution in [-0.2, 0) is 6.54 Å². The zero-order chi connectivity index (χ0) is 20.5. The van der Waals surface area contributed by atoms with Crippen molar-refractivity contribution in [2.45, 2.75) is 24.7 Å². The average Bonchev–Trinajstić information content (AvgIpc) is 2.65. The quantitative estimate of drug-likeness (QED) is 0.708. The van der Waals surface area contributed by atoms with Gasteiger partial charge >= 0.3 is 6.09 Å². The van der Waals surface area contributed by atoms with Crippen molar-refractivity contribution in [2.24, 2.45) is 0 Å². The molecule has 1 aromatic carbocycles. The summed E-state index contributed by atoms with van der Waals surface area (Å²) in [6, 6.07) is 4.98. The lowest BCUT2D eigenvalue weighted by Gasteiger charge is -2.39. The average molecular weight is 396 g/mol. The fourth-order valence-corrected chi connectivity index (χ4v) is 2.89. The molecule has 0 saturated carbocycles. The van der Waals surface area contributed by atoms with Gasteiger partial charge < -0.3 is 25.6 Å². The van der Waals surface area contributed by atoms with E-state index in [2.05, 4.69) is 4.98 Å². The number of carbonyl (C=O) groups is 1. The summed E-state index contributed by atoms with van der Waals surface area (Å²) < 4.78 is 33.6. The van der Waals surface area contributed by atoms with E-state index in [-0.39, 0.29) is 30.3 Å². The second-order valence-electron chi connectivity index (χ2n) is 6.50. The number of ether oxygens (including phenoxy) is 1. The highest BCUT2D eigenvalue weighted by Gasteiger charge is 2.44. The van der Waals surface area contributed by atoms with Crippen LogP contribution in [-0.4, -0.2) is 55.6 Å². The van der Waals surface area contributed by atoms with Gasteiger partial charge in [-0.05, 0) is 30.7 Å². The lowest BCUT2D eigenvalue weighted by molar-refractivity contribution is -0.0900. The number of piperidine rings is 1. The molecule has 0 bridgehead atoms. The maximum Gasteiger partial charge on any atom is 0.407 e. The first kappa shape index (κ1) is 19.5. The van der Waals surface area contributed by atoms with Gasteiger partial charge in [-0.15, -0.1) is 0 Å². The molecule has 3 rings (SSSR count). The first-order valence-electron chi connectivity index (χ1n) is 8.32. The Hall–Kier alpha value is -3.21. The van der Waals surface area contributed by atoms with Crippen LogP contribution in [0.25, 0.3) is 0 Å². The van der Waals surface area contributed by atoms with Crippen molar-refractivity contribution in [1.82, 2.24) is 14.5 Å². The summed E-state index contributed by atoms with van der Waals surface area (Å²) in [4.78, 5) is 28.1. The molecule has 0 unspecified atom stereocenters. The molecule has 9 nitrogen and oxygen atoms in total. The van der Waals surface area contributed by atoms with Crippen LogP contribution in [0.5, 0.6) is 11.6 Å². The van der Waals surface area contributed by atoms with Gasteiger partial charge in [0.1, 0.15) is 29.7 Å². The fraction of sp³-hybridized carbons (Fsp3) is 0.353. The molecular formula is C17H18F2N4O5. The van der Waals surface area contributed by atoms with Gasteiger partial charge in [-0.3, -0.25) is 9.36 Å². The molecule has 1 amide bonds. The summed E-state index contributed by atoms with van der Waals surface area (Å²) in [6.45, 7) is -1.03. The second kappa shape index (κ2) is 7.43. The number of rotatable bonds is 4. The molecule has 2 aromatic rings. The maximum atomic E-state index is 14.4. The standard InChI is InChI=1S/C17H18F2N4O5/c18-10-1-3-11(4-2-10)28-14-13(20)15(24)23(9-21-14)8-17(27)5-6-22(16(25)26)7-12(17)19/h1-4,9,12,27H,5-8,20H2,(H,25,26)/t12-,17-/m0/s1. The van der Waals surface area contributed by atoms with Crippen molar-refractivity contribution in [3.8, 4) is 11.6 Å². The molecule has 2 atom stereocenters. The number of aromatic nitrogens is 2. The SMILES string of the molecule is Nc1c(Oc2ccc(F)cc2)ncn(C[C@@]2(O)CCN(C(=O)O)C[C@@H]2F)c1=O. The zero-order valence-corrected chi connectivity index (χ0v) is 14.6. The Kier molecular flexibility index (Phi) is 5.18. The first-order valence-corrected chi connectivity index (χ1v) is 8.32. The lowest BCUT2D eigenvalue weighted by atomic mass is 9.89. The van der Waals surface area contributed by atoms with Crippen molar-refractivity contribution in [1.29, 1.82) is 0 Å². The number of hydrogen-bond donors (Lipinski definition) is 3. The van der Waals surface area contributed by atoms with Gasteiger partial charge in [0, 0.05) is 6.54 Å². The topological polar surface area (TPSA) is 131 Å². The van der Waals surface area contributed by atoms with Gasteiger partial charge in [-0.2, -0.15) is 0 Å². The number of carboxylic acid groups (broad SMARTS) is 1. The summed E-state index contributed by atoms with van der Waals surface area (Å²) in [7, 11) is 0. The number of benzene rings is 1. The molecule has 0 spiro atoms. The van der Waals surface area contributed by atoms with Crippen LogP contribution in [0, 0.1) is 5.82 Å². The molecule has 1 aliphatic heterocycles. The van der Waals surface area contributed by atoms with Crippen LogP contribution in [0.4, 0.5) is 19.3 Å². The monoisotopic (exact) mass is 396 g/mol. The highest BCUT2D eigenvalue weighted by atomic mass is 19.1. The predicted molar refractivity (Wildman–Crippen MR) is 93.4 cm³/mol. The molecule has 1 fully saturated rings. The van der Waals surface area contributed by atoms with E-state index in [1.165, 1.54) is 12.1 Å². The number of nitrogens with zero attached hydrogens (tertiary/aromatic N) is 3. The van der Waals surface area contributed by atoms with Crippen LogP contribution >= 0.6 is 0 Å². The Labute approximate surface area is 157 Å². The molecule has 28 heavy (non-hydrogen) atoms. The number of nitrogen functional groups attached to an aromatic ring is 1. The molecule has 11 heteroatoms. The van der Waals surface area contributed by atoms with Crippen molar-refractivity contribution in [2.75, 3.05) is 18.8 Å². The Morgan fingerprint density at radius 1 is 1.39 bits per heavy atom. The van der Waals surface area contributed by atoms with E-state index >= 15 is 0 Å². The molecule has 0 radical (unpaired) electrons. The lowest BCUT2D eigenvalue weighted by Crippen LogP contribution is -2.57. The summed E-state index contributed by atoms with van der Waals surface area (Å²) in [5.74, 6) is -0.467. The van der Waals surface area contributed by atoms with Crippen LogP contribution in [0.2, 0.25) is 0 Å². The molecule has 1 aliphatic rings. The van der Waals surface area contributed by atoms with Crippen molar-refractivity contribution in [3.05, 3.63) is 46.8 Å². The first-order chi connectivity index (χ1) is 13.2. The van der Waals surface area contributed by atoms with Crippen LogP contribution < -0.4 is 16.0 Å². The number of hydrogen-bond acceptors (Lipinski definition) is 6. The van der Waals surface area contributed by atoms with Crippen molar-refractivity contribution >= 4 is 11.8 Å². The fourth-order valence-electron chi connectivity index (χ4n) is 2.89. The van der Waals surface area contributed by atoms with Gasteiger partial charge in [0.15, 0.2) is 5.69 Å². The molecule has 4 N–H and O–H groups in total. The predicted octanol–water partition coefficient (Wildman–Crippen LogP) is 1.21. The van der Waals surface area contributed by atoms with E-state index in [9.17, 15) is 23.5 Å². The van der Waals surface area contributed by atoms with Crippen LogP contribution in [0.1, 0.15) is 6.42 Å². The molecule has 150 valence electrons. The molecule has 0 aliphatic carbocycles. The summed E-state index contributed by atoms with van der Waals surface area (Å²) in [5, 5.41) is 19.5. The van der Waals surface area contributed by atoms with Gasteiger partial charge in [0.25, 0.3) is 5.56 Å². The van der Waals surface area contributed by atoms with E-state index in [0.29, 0.717) is 0 Å². The number of halogens is 2. The van der Waals surface area contributed by atoms with E-state index in [1.807, 2.05) is 0 Å². The minimum atomic E-state index is -1.94. The number of aliphatic hydroxyl groups is 1.